The van der Waals surface area contributed by atoms with Gasteiger partial charge in [0.05, 0.1) is 6.10 Å². The highest BCUT2D eigenvalue weighted by atomic mass is 16.3. The molecule has 2 heteroatoms. The van der Waals surface area contributed by atoms with Gasteiger partial charge in [-0.1, -0.05) is 19.1 Å². The molecule has 0 aliphatic carbocycles. The molecule has 0 spiro atoms. The number of rotatable bonds is 2. The summed E-state index contributed by atoms with van der Waals surface area (Å²) in [6.07, 6.45) is 1.83. The van der Waals surface area contributed by atoms with Crippen LogP contribution in [0.4, 0.5) is 5.69 Å². The first-order valence-corrected chi connectivity index (χ1v) is 5.31. The van der Waals surface area contributed by atoms with Gasteiger partial charge in [0.1, 0.15) is 0 Å². The predicted octanol–water partition coefficient (Wildman–Crippen LogP) is 1.82. The molecule has 14 heavy (non-hydrogen) atoms. The number of aryl methyl sites for hydroxylation is 1. The number of benzene rings is 1. The van der Waals surface area contributed by atoms with Crippen LogP contribution in [0, 0.1) is 0 Å². The van der Waals surface area contributed by atoms with Gasteiger partial charge >= 0.3 is 0 Å². The molecule has 1 fully saturated rings. The predicted molar refractivity (Wildman–Crippen MR) is 58.7 cm³/mol. The first kappa shape index (κ1) is 9.53. The molecular formula is C12H17NO. The van der Waals surface area contributed by atoms with Crippen molar-refractivity contribution in [3.8, 4) is 0 Å². The van der Waals surface area contributed by atoms with E-state index in [1.807, 2.05) is 0 Å². The van der Waals surface area contributed by atoms with Crippen molar-refractivity contribution in [1.29, 1.82) is 0 Å². The van der Waals surface area contributed by atoms with Crippen molar-refractivity contribution in [2.75, 3.05) is 18.0 Å². The lowest BCUT2D eigenvalue weighted by atomic mass is 10.1. The number of hydrogen-bond acceptors (Lipinski definition) is 2. The maximum atomic E-state index is 9.45. The largest absolute Gasteiger partial charge is 0.391 e. The fourth-order valence-corrected chi connectivity index (χ4v) is 1.95. The Morgan fingerprint density at radius 3 is 3.00 bits per heavy atom. The zero-order valence-corrected chi connectivity index (χ0v) is 8.61. The number of anilines is 1. The molecule has 1 atom stereocenters. The van der Waals surface area contributed by atoms with Gasteiger partial charge in [-0.25, -0.2) is 0 Å². The van der Waals surface area contributed by atoms with E-state index in [1.165, 1.54) is 11.3 Å². The van der Waals surface area contributed by atoms with Crippen LogP contribution < -0.4 is 4.90 Å². The minimum Gasteiger partial charge on any atom is -0.391 e. The van der Waals surface area contributed by atoms with E-state index in [9.17, 15) is 5.11 Å². The van der Waals surface area contributed by atoms with E-state index in [0.717, 1.165) is 25.9 Å². The third kappa shape index (κ3) is 1.90. The van der Waals surface area contributed by atoms with Crippen LogP contribution in [0.25, 0.3) is 0 Å². The SMILES string of the molecule is CCc1cccc(N2CCC(O)C2)c1. The van der Waals surface area contributed by atoms with Gasteiger partial charge in [-0.2, -0.15) is 0 Å². The topological polar surface area (TPSA) is 23.5 Å². The molecule has 1 saturated heterocycles. The summed E-state index contributed by atoms with van der Waals surface area (Å²) in [4.78, 5) is 2.25. The lowest BCUT2D eigenvalue weighted by Gasteiger charge is -2.18. The van der Waals surface area contributed by atoms with Crippen LogP contribution in [-0.4, -0.2) is 24.3 Å². The van der Waals surface area contributed by atoms with E-state index >= 15 is 0 Å². The van der Waals surface area contributed by atoms with Gasteiger partial charge in [0, 0.05) is 18.8 Å². The van der Waals surface area contributed by atoms with Crippen molar-refractivity contribution in [3.05, 3.63) is 29.8 Å². The van der Waals surface area contributed by atoms with Crippen molar-refractivity contribution in [2.45, 2.75) is 25.9 Å². The molecule has 1 N–H and O–H groups in total. The Bertz CT molecular complexity index is 311. The quantitative estimate of drug-likeness (QED) is 0.770. The Morgan fingerprint density at radius 1 is 1.50 bits per heavy atom. The average Bonchev–Trinajstić information content (AvgIpc) is 2.65. The van der Waals surface area contributed by atoms with Crippen molar-refractivity contribution in [2.24, 2.45) is 0 Å². The Labute approximate surface area is 85.2 Å². The molecular weight excluding hydrogens is 174 g/mol. The van der Waals surface area contributed by atoms with E-state index in [-0.39, 0.29) is 6.10 Å². The number of nitrogens with zero attached hydrogens (tertiary/aromatic N) is 1. The zero-order chi connectivity index (χ0) is 9.97. The van der Waals surface area contributed by atoms with Crippen molar-refractivity contribution in [1.82, 2.24) is 0 Å². The molecule has 2 rings (SSSR count). The first-order chi connectivity index (χ1) is 6.79. The zero-order valence-electron chi connectivity index (χ0n) is 8.61. The Kier molecular flexibility index (Phi) is 2.73. The van der Waals surface area contributed by atoms with Crippen molar-refractivity contribution >= 4 is 5.69 Å². The molecule has 1 heterocycles. The lowest BCUT2D eigenvalue weighted by molar-refractivity contribution is 0.198. The van der Waals surface area contributed by atoms with Crippen LogP contribution in [0.5, 0.6) is 0 Å². The van der Waals surface area contributed by atoms with Crippen LogP contribution >= 0.6 is 0 Å². The van der Waals surface area contributed by atoms with Gasteiger partial charge in [-0.3, -0.25) is 0 Å². The highest BCUT2D eigenvalue weighted by Gasteiger charge is 2.20. The first-order valence-electron chi connectivity index (χ1n) is 5.31. The maximum Gasteiger partial charge on any atom is 0.0731 e. The molecule has 2 nitrogen and oxygen atoms in total. The Morgan fingerprint density at radius 2 is 2.36 bits per heavy atom. The molecule has 1 unspecified atom stereocenters. The van der Waals surface area contributed by atoms with E-state index in [0.29, 0.717) is 0 Å². The van der Waals surface area contributed by atoms with Gasteiger partial charge in [-0.15, -0.1) is 0 Å². The number of β-amino-alcohol motifs (C(OH)–C–C–N with tert-alkyl or cyclic N) is 1. The second kappa shape index (κ2) is 4.01. The summed E-state index contributed by atoms with van der Waals surface area (Å²) in [5.41, 5.74) is 2.62. The lowest BCUT2D eigenvalue weighted by Crippen LogP contribution is -2.21. The third-order valence-electron chi connectivity index (χ3n) is 2.85. The highest BCUT2D eigenvalue weighted by Crippen LogP contribution is 2.21. The number of hydrogen-bond donors (Lipinski definition) is 1. The molecule has 0 amide bonds. The van der Waals surface area contributed by atoms with Gasteiger partial charge in [0.25, 0.3) is 0 Å². The van der Waals surface area contributed by atoms with Crippen LogP contribution in [0.3, 0.4) is 0 Å². The number of aliphatic hydroxyl groups is 1. The van der Waals surface area contributed by atoms with E-state index in [2.05, 4.69) is 36.1 Å². The molecule has 76 valence electrons. The third-order valence-corrected chi connectivity index (χ3v) is 2.85. The molecule has 0 saturated carbocycles. The summed E-state index contributed by atoms with van der Waals surface area (Å²) < 4.78 is 0. The van der Waals surface area contributed by atoms with Gasteiger partial charge in [0.2, 0.25) is 0 Å². The van der Waals surface area contributed by atoms with Crippen LogP contribution in [-0.2, 0) is 6.42 Å². The molecule has 1 aliphatic rings. The Hall–Kier alpha value is -1.02. The summed E-state index contributed by atoms with van der Waals surface area (Å²) in [5.74, 6) is 0. The minimum absolute atomic E-state index is 0.139. The summed E-state index contributed by atoms with van der Waals surface area (Å²) in [6, 6.07) is 8.59. The van der Waals surface area contributed by atoms with Crippen LogP contribution in [0.1, 0.15) is 18.9 Å². The minimum atomic E-state index is -0.139. The average molecular weight is 191 g/mol. The normalized spacial score (nSPS) is 21.6. The van der Waals surface area contributed by atoms with Gasteiger partial charge < -0.3 is 10.0 Å². The molecule has 1 aromatic rings. The van der Waals surface area contributed by atoms with Gasteiger partial charge in [0.15, 0.2) is 0 Å². The van der Waals surface area contributed by atoms with Crippen LogP contribution in [0.2, 0.25) is 0 Å². The van der Waals surface area contributed by atoms with Crippen LogP contribution in [0.15, 0.2) is 24.3 Å². The maximum absolute atomic E-state index is 9.45. The van der Waals surface area contributed by atoms with Crippen molar-refractivity contribution < 1.29 is 5.11 Å². The summed E-state index contributed by atoms with van der Waals surface area (Å²) in [5, 5.41) is 9.45. The van der Waals surface area contributed by atoms with E-state index < -0.39 is 0 Å². The fraction of sp³-hybridized carbons (Fsp3) is 0.500. The second-order valence-corrected chi connectivity index (χ2v) is 3.91. The molecule has 1 aromatic carbocycles. The summed E-state index contributed by atoms with van der Waals surface area (Å²) in [6.45, 7) is 3.93. The highest BCUT2D eigenvalue weighted by molar-refractivity contribution is 5.49. The van der Waals surface area contributed by atoms with E-state index in [4.69, 9.17) is 0 Å². The Balaban J connectivity index is 2.15. The van der Waals surface area contributed by atoms with E-state index in [1.54, 1.807) is 0 Å². The molecule has 0 radical (unpaired) electrons. The smallest absolute Gasteiger partial charge is 0.0731 e. The molecule has 0 aromatic heterocycles. The fourth-order valence-electron chi connectivity index (χ4n) is 1.95. The standard InChI is InChI=1S/C12H17NO/c1-2-10-4-3-5-11(8-10)13-7-6-12(14)9-13/h3-5,8,12,14H,2,6-7,9H2,1H3. The van der Waals surface area contributed by atoms with Crippen molar-refractivity contribution in [3.63, 3.8) is 0 Å². The molecule has 0 bridgehead atoms. The number of aliphatic hydroxyl groups excluding tert-OH is 1. The summed E-state index contributed by atoms with van der Waals surface area (Å²) >= 11 is 0. The van der Waals surface area contributed by atoms with Gasteiger partial charge in [-0.05, 0) is 30.5 Å². The summed E-state index contributed by atoms with van der Waals surface area (Å²) in [7, 11) is 0. The second-order valence-electron chi connectivity index (χ2n) is 3.91. The monoisotopic (exact) mass is 191 g/mol. The molecule has 1 aliphatic heterocycles.